The zero-order valence-corrected chi connectivity index (χ0v) is 16.1. The van der Waals surface area contributed by atoms with Crippen molar-refractivity contribution < 1.29 is 14.3 Å². The lowest BCUT2D eigenvalue weighted by molar-refractivity contribution is 0.0695. The Kier molecular flexibility index (Phi) is 4.03. The summed E-state index contributed by atoms with van der Waals surface area (Å²) >= 11 is 0. The number of carboxylic acids is 1. The van der Waals surface area contributed by atoms with Gasteiger partial charge in [-0.05, 0) is 24.7 Å². The van der Waals surface area contributed by atoms with E-state index in [1.807, 2.05) is 11.0 Å². The number of carbonyl (C=O) groups is 1. The highest BCUT2D eigenvalue weighted by molar-refractivity contribution is 5.93. The molecule has 1 saturated heterocycles. The summed E-state index contributed by atoms with van der Waals surface area (Å²) in [5.41, 5.74) is 5.36. The van der Waals surface area contributed by atoms with Crippen molar-refractivity contribution in [2.75, 3.05) is 18.0 Å². The number of allylic oxidation sites excluding steroid dienone is 1. The molecule has 2 aliphatic carbocycles. The third-order valence-electron chi connectivity index (χ3n) is 6.68. The molecule has 0 bridgehead atoms. The number of hydrogen-bond acceptors (Lipinski definition) is 5. The second-order valence-corrected chi connectivity index (χ2v) is 8.53. The van der Waals surface area contributed by atoms with Crippen molar-refractivity contribution in [3.8, 4) is 0 Å². The van der Waals surface area contributed by atoms with Crippen LogP contribution in [0.2, 0.25) is 0 Å². The molecule has 1 saturated carbocycles. The number of rotatable bonds is 3. The Labute approximate surface area is 166 Å². The van der Waals surface area contributed by atoms with Crippen LogP contribution in [-0.2, 0) is 0 Å². The minimum Gasteiger partial charge on any atom is -0.477 e. The second kappa shape index (κ2) is 6.38. The van der Waals surface area contributed by atoms with Gasteiger partial charge >= 0.3 is 5.97 Å². The van der Waals surface area contributed by atoms with Crippen molar-refractivity contribution in [3.63, 3.8) is 0 Å². The number of hydrogen-bond donors (Lipinski definition) is 2. The van der Waals surface area contributed by atoms with Gasteiger partial charge in [0.2, 0.25) is 5.43 Å². The third-order valence-corrected chi connectivity index (χ3v) is 6.68. The molecule has 0 amide bonds. The van der Waals surface area contributed by atoms with E-state index in [0.29, 0.717) is 24.9 Å². The molecule has 152 valence electrons. The van der Waals surface area contributed by atoms with Crippen LogP contribution >= 0.6 is 0 Å². The number of carboxylic acid groups (broad SMARTS) is 1. The Morgan fingerprint density at radius 3 is 2.66 bits per heavy atom. The summed E-state index contributed by atoms with van der Waals surface area (Å²) in [6, 6.07) is -0.0489. The molecule has 0 spiro atoms. The Morgan fingerprint density at radius 1 is 1.28 bits per heavy atom. The maximum atomic E-state index is 15.7. The predicted molar refractivity (Wildman–Crippen MR) is 107 cm³/mol. The molecule has 0 radical (unpaired) electrons. The number of pyridine rings is 2. The molecule has 29 heavy (non-hydrogen) atoms. The molecule has 2 fully saturated rings. The normalized spacial score (nSPS) is 28.7. The Bertz CT molecular complexity index is 1090. The first-order chi connectivity index (χ1) is 13.9. The van der Waals surface area contributed by atoms with Gasteiger partial charge in [0.1, 0.15) is 5.56 Å². The number of halogens is 1. The smallest absolute Gasteiger partial charge is 0.341 e. The molecule has 2 aromatic heterocycles. The zero-order chi connectivity index (χ0) is 20.4. The van der Waals surface area contributed by atoms with Crippen molar-refractivity contribution in [1.29, 1.82) is 0 Å². The number of anilines is 1. The maximum absolute atomic E-state index is 15.7. The van der Waals surface area contributed by atoms with E-state index in [1.54, 1.807) is 4.57 Å². The van der Waals surface area contributed by atoms with Crippen LogP contribution in [0.3, 0.4) is 0 Å². The molecular weight excluding hydrogens is 375 g/mol. The first-order valence-electron chi connectivity index (χ1n) is 10.0. The third kappa shape index (κ3) is 2.77. The van der Waals surface area contributed by atoms with Crippen LogP contribution in [0.1, 0.15) is 36.2 Å². The number of fused-ring (bicyclic) bond motifs is 2. The van der Waals surface area contributed by atoms with E-state index in [1.165, 1.54) is 12.4 Å². The quantitative estimate of drug-likeness (QED) is 0.769. The summed E-state index contributed by atoms with van der Waals surface area (Å²) < 4.78 is 17.3. The zero-order valence-electron chi connectivity index (χ0n) is 16.1. The standard InChI is InChI=1S/C21H23FN4O3/c1-10-2-5-16(23)14-8-25(7-13(10)14)20-17(22)18-12(6-24-20)19(27)15(21(28)29)9-26(18)11-3-4-11/h2,5-6,9-11,13-14,16H,3-4,7-8,23H2,1H3,(H,28,29)/t10-,13-,14-,16+/m0/s1. The summed E-state index contributed by atoms with van der Waals surface area (Å²) in [5.74, 6) is -0.746. The predicted octanol–water partition coefficient (Wildman–Crippen LogP) is 2.15. The van der Waals surface area contributed by atoms with Crippen LogP contribution in [-0.4, -0.2) is 39.8 Å². The Balaban J connectivity index is 1.63. The van der Waals surface area contributed by atoms with Gasteiger partial charge in [-0.2, -0.15) is 0 Å². The lowest BCUT2D eigenvalue weighted by Crippen LogP contribution is -2.38. The van der Waals surface area contributed by atoms with Crippen LogP contribution in [0.5, 0.6) is 0 Å². The largest absolute Gasteiger partial charge is 0.477 e. The first kappa shape index (κ1) is 18.3. The topological polar surface area (TPSA) is 101 Å². The molecule has 7 nitrogen and oxygen atoms in total. The van der Waals surface area contributed by atoms with E-state index < -0.39 is 17.2 Å². The van der Waals surface area contributed by atoms with Crippen LogP contribution < -0.4 is 16.1 Å². The molecule has 3 N–H and O–H groups in total. The lowest BCUT2D eigenvalue weighted by Gasteiger charge is -2.30. The van der Waals surface area contributed by atoms with Gasteiger partial charge < -0.3 is 20.3 Å². The highest BCUT2D eigenvalue weighted by atomic mass is 19.1. The summed E-state index contributed by atoms with van der Waals surface area (Å²) in [5, 5.41) is 9.38. The molecule has 5 rings (SSSR count). The van der Waals surface area contributed by atoms with Gasteiger partial charge in [-0.25, -0.2) is 14.2 Å². The molecule has 0 unspecified atom stereocenters. The van der Waals surface area contributed by atoms with Gasteiger partial charge in [-0.3, -0.25) is 4.79 Å². The molecule has 3 aliphatic rings. The van der Waals surface area contributed by atoms with Crippen LogP contribution in [0.25, 0.3) is 10.9 Å². The molecule has 0 aromatic carbocycles. The van der Waals surface area contributed by atoms with Crippen molar-refractivity contribution in [2.24, 2.45) is 23.5 Å². The number of nitrogens with two attached hydrogens (primary N) is 1. The molecular formula is C21H23FN4O3. The van der Waals surface area contributed by atoms with Gasteiger partial charge in [-0.15, -0.1) is 0 Å². The van der Waals surface area contributed by atoms with Gasteiger partial charge in [0.15, 0.2) is 11.6 Å². The minimum absolute atomic E-state index is 0.0137. The first-order valence-corrected chi connectivity index (χ1v) is 10.0. The highest BCUT2D eigenvalue weighted by Gasteiger charge is 2.41. The number of aromatic carboxylic acids is 1. The average molecular weight is 398 g/mol. The number of nitrogens with zero attached hydrogens (tertiary/aromatic N) is 3. The van der Waals surface area contributed by atoms with E-state index in [2.05, 4.69) is 18.0 Å². The Morgan fingerprint density at radius 2 is 2.00 bits per heavy atom. The fourth-order valence-electron chi connectivity index (χ4n) is 4.89. The average Bonchev–Trinajstić information content (AvgIpc) is 3.43. The van der Waals surface area contributed by atoms with Gasteiger partial charge in [0.05, 0.1) is 10.9 Å². The molecule has 2 aromatic rings. The number of aromatic nitrogens is 2. The summed E-state index contributed by atoms with van der Waals surface area (Å²) in [7, 11) is 0. The van der Waals surface area contributed by atoms with E-state index in [0.717, 1.165) is 12.8 Å². The van der Waals surface area contributed by atoms with Crippen LogP contribution in [0.4, 0.5) is 10.2 Å². The summed E-state index contributed by atoms with van der Waals surface area (Å²) in [6.07, 6.45) is 8.42. The lowest BCUT2D eigenvalue weighted by atomic mass is 9.77. The SMILES string of the molecule is C[C@H]1C=C[C@@H](N)[C@H]2CN(c3ncc4c(=O)c(C(=O)O)cn(C5CC5)c4c3F)C[C@H]21. The van der Waals surface area contributed by atoms with E-state index in [-0.39, 0.29) is 40.3 Å². The van der Waals surface area contributed by atoms with Crippen molar-refractivity contribution in [3.05, 3.63) is 46.1 Å². The fraction of sp³-hybridized carbons (Fsp3) is 0.476. The molecule has 8 heteroatoms. The van der Waals surface area contributed by atoms with Crippen LogP contribution in [0.15, 0.2) is 29.3 Å². The van der Waals surface area contributed by atoms with E-state index in [4.69, 9.17) is 5.73 Å². The van der Waals surface area contributed by atoms with Gasteiger partial charge in [0, 0.05) is 43.5 Å². The van der Waals surface area contributed by atoms with Crippen molar-refractivity contribution in [2.45, 2.75) is 31.8 Å². The highest BCUT2D eigenvalue weighted by Crippen LogP contribution is 2.41. The Hall–Kier alpha value is -2.74. The van der Waals surface area contributed by atoms with Gasteiger partial charge in [0.25, 0.3) is 0 Å². The summed E-state index contributed by atoms with van der Waals surface area (Å²) in [6.45, 7) is 3.41. The van der Waals surface area contributed by atoms with E-state index in [9.17, 15) is 14.7 Å². The van der Waals surface area contributed by atoms with Crippen molar-refractivity contribution in [1.82, 2.24) is 9.55 Å². The van der Waals surface area contributed by atoms with E-state index >= 15 is 4.39 Å². The van der Waals surface area contributed by atoms with Crippen LogP contribution in [0, 0.1) is 23.6 Å². The van der Waals surface area contributed by atoms with Crippen molar-refractivity contribution >= 4 is 22.7 Å². The molecule has 3 heterocycles. The monoisotopic (exact) mass is 398 g/mol. The minimum atomic E-state index is -1.31. The summed E-state index contributed by atoms with van der Waals surface area (Å²) in [4.78, 5) is 30.3. The molecule has 4 atom stereocenters. The second-order valence-electron chi connectivity index (χ2n) is 8.53. The molecule has 1 aliphatic heterocycles. The van der Waals surface area contributed by atoms with Gasteiger partial charge in [-0.1, -0.05) is 19.1 Å². The maximum Gasteiger partial charge on any atom is 0.341 e. The fourth-order valence-corrected chi connectivity index (χ4v) is 4.89.